The number of ether oxygens (including phenoxy) is 2. The molecule has 1 aromatic heterocycles. The first kappa shape index (κ1) is 29.4. The van der Waals surface area contributed by atoms with Crippen molar-refractivity contribution in [3.63, 3.8) is 0 Å². The summed E-state index contributed by atoms with van der Waals surface area (Å²) in [5, 5.41) is 7.60. The number of amidine groups is 1. The number of fused-ring (bicyclic) bond motifs is 2. The molecule has 1 atom stereocenters. The van der Waals surface area contributed by atoms with Gasteiger partial charge in [0.25, 0.3) is 5.91 Å². The third-order valence-corrected chi connectivity index (χ3v) is 9.14. The number of nitrogens with one attached hydrogen (secondary N) is 1. The Kier molecular flexibility index (Phi) is 8.05. The van der Waals surface area contributed by atoms with Gasteiger partial charge in [-0.25, -0.2) is 4.98 Å². The molecule has 7 rings (SSSR count). The summed E-state index contributed by atoms with van der Waals surface area (Å²) >= 11 is 0. The Hall–Kier alpha value is -5.31. The molecule has 1 unspecified atom stereocenters. The summed E-state index contributed by atoms with van der Waals surface area (Å²) in [6.07, 6.45) is 2.79. The molecular weight excluding hydrogens is 576 g/mol. The maximum absolute atomic E-state index is 13.9. The van der Waals surface area contributed by atoms with Crippen molar-refractivity contribution in [3.05, 3.63) is 120 Å². The lowest BCUT2D eigenvalue weighted by molar-refractivity contribution is -0.0397. The number of hydrogen-bond acceptors (Lipinski definition) is 6. The number of imidazole rings is 1. The van der Waals surface area contributed by atoms with E-state index in [0.717, 1.165) is 66.9 Å². The van der Waals surface area contributed by atoms with Crippen LogP contribution in [0.1, 0.15) is 40.2 Å². The number of aryl methyl sites for hydroxylation is 3. The minimum Gasteiger partial charge on any atom is -0.484 e. The fraction of sp³-hybridized carbons (Fsp3) is 0.270. The molecule has 46 heavy (non-hydrogen) atoms. The van der Waals surface area contributed by atoms with Crippen LogP contribution in [0.15, 0.2) is 97.1 Å². The number of piperidine rings is 1. The zero-order chi connectivity index (χ0) is 31.6. The summed E-state index contributed by atoms with van der Waals surface area (Å²) in [6.45, 7) is 1.92. The Morgan fingerprint density at radius 3 is 2.37 bits per heavy atom. The summed E-state index contributed by atoms with van der Waals surface area (Å²) in [4.78, 5) is 23.2. The lowest BCUT2D eigenvalue weighted by atomic mass is 10.0. The van der Waals surface area contributed by atoms with Crippen molar-refractivity contribution < 1.29 is 14.3 Å². The molecule has 234 valence electrons. The molecule has 0 saturated carbocycles. The highest BCUT2D eigenvalue weighted by Gasteiger charge is 2.37. The Morgan fingerprint density at radius 1 is 0.913 bits per heavy atom. The third-order valence-electron chi connectivity index (χ3n) is 9.14. The molecule has 2 aliphatic heterocycles. The molecule has 0 spiro atoms. The van der Waals surface area contributed by atoms with Gasteiger partial charge in [-0.1, -0.05) is 54.6 Å². The Morgan fingerprint density at radius 2 is 1.63 bits per heavy atom. The average Bonchev–Trinajstić information content (AvgIpc) is 3.42. The highest BCUT2D eigenvalue weighted by atomic mass is 16.6. The van der Waals surface area contributed by atoms with Gasteiger partial charge in [-0.05, 0) is 67.3 Å². The maximum Gasteiger partial charge on any atom is 0.257 e. The van der Waals surface area contributed by atoms with Crippen LogP contribution in [0.2, 0.25) is 0 Å². The van der Waals surface area contributed by atoms with Crippen LogP contribution in [-0.4, -0.2) is 58.2 Å². The Bertz CT molecular complexity index is 1860. The fourth-order valence-corrected chi connectivity index (χ4v) is 6.57. The van der Waals surface area contributed by atoms with Gasteiger partial charge in [0.1, 0.15) is 18.3 Å². The van der Waals surface area contributed by atoms with Gasteiger partial charge < -0.3 is 24.7 Å². The van der Waals surface area contributed by atoms with Crippen LogP contribution < -0.4 is 20.1 Å². The molecule has 9 heteroatoms. The van der Waals surface area contributed by atoms with Crippen molar-refractivity contribution >= 4 is 28.5 Å². The summed E-state index contributed by atoms with van der Waals surface area (Å²) < 4.78 is 14.6. The number of para-hydroxylation sites is 2. The molecule has 0 aliphatic carbocycles. The SMILES string of the molecule is Cn1c(CCc2ccc(C(=N)N)cc2)nc2cc(N3CCC(N(C(=O)c4ccccc4)C4COc5ccccc5O4)CC3)ccc21. The van der Waals surface area contributed by atoms with Crippen LogP contribution in [0.3, 0.4) is 0 Å². The third kappa shape index (κ3) is 5.88. The first-order valence-electron chi connectivity index (χ1n) is 15.8. The summed E-state index contributed by atoms with van der Waals surface area (Å²) in [5.41, 5.74) is 11.4. The van der Waals surface area contributed by atoms with Crippen LogP contribution >= 0.6 is 0 Å². The number of carbonyl (C=O) groups is 1. The monoisotopic (exact) mass is 614 g/mol. The highest BCUT2D eigenvalue weighted by molar-refractivity contribution is 5.95. The fourth-order valence-electron chi connectivity index (χ4n) is 6.57. The van der Waals surface area contributed by atoms with Gasteiger partial charge in [-0.3, -0.25) is 15.1 Å². The van der Waals surface area contributed by atoms with Crippen molar-refractivity contribution in [3.8, 4) is 11.5 Å². The summed E-state index contributed by atoms with van der Waals surface area (Å²) in [7, 11) is 2.07. The zero-order valence-corrected chi connectivity index (χ0v) is 25.9. The van der Waals surface area contributed by atoms with E-state index in [1.165, 1.54) is 5.56 Å². The van der Waals surface area contributed by atoms with E-state index in [1.54, 1.807) is 0 Å². The number of nitrogens with two attached hydrogens (primary N) is 1. The number of carbonyl (C=O) groups excluding carboxylic acids is 1. The van der Waals surface area contributed by atoms with Crippen LogP contribution in [0.25, 0.3) is 11.0 Å². The Labute approximate surface area is 268 Å². The van der Waals surface area contributed by atoms with Crippen molar-refractivity contribution in [2.45, 2.75) is 38.0 Å². The Balaban J connectivity index is 1.05. The molecule has 3 N–H and O–H groups in total. The lowest BCUT2D eigenvalue weighted by Gasteiger charge is -2.43. The number of amides is 1. The number of anilines is 1. The number of benzene rings is 4. The first-order valence-corrected chi connectivity index (χ1v) is 15.8. The molecule has 5 aromatic rings. The van der Waals surface area contributed by atoms with E-state index in [-0.39, 0.29) is 24.4 Å². The van der Waals surface area contributed by atoms with E-state index in [2.05, 4.69) is 34.7 Å². The van der Waals surface area contributed by atoms with Gasteiger partial charge >= 0.3 is 0 Å². The molecule has 3 heterocycles. The lowest BCUT2D eigenvalue weighted by Crippen LogP contribution is -2.56. The predicted molar refractivity (Wildman–Crippen MR) is 180 cm³/mol. The van der Waals surface area contributed by atoms with Crippen molar-refractivity contribution in [1.82, 2.24) is 14.5 Å². The average molecular weight is 615 g/mol. The molecular formula is C37H38N6O3. The van der Waals surface area contributed by atoms with E-state index in [4.69, 9.17) is 25.6 Å². The van der Waals surface area contributed by atoms with Gasteiger partial charge in [0.2, 0.25) is 6.23 Å². The normalized spacial score (nSPS) is 16.4. The number of hydrogen-bond donors (Lipinski definition) is 2. The topological polar surface area (TPSA) is 110 Å². The highest BCUT2D eigenvalue weighted by Crippen LogP contribution is 2.34. The summed E-state index contributed by atoms with van der Waals surface area (Å²) in [6, 6.07) is 31.5. The van der Waals surface area contributed by atoms with Crippen molar-refractivity contribution in [2.75, 3.05) is 24.6 Å². The molecule has 4 aromatic carbocycles. The van der Waals surface area contributed by atoms with Crippen LogP contribution in [0.5, 0.6) is 11.5 Å². The molecule has 0 radical (unpaired) electrons. The quantitative estimate of drug-likeness (QED) is 0.175. The van der Waals surface area contributed by atoms with Crippen molar-refractivity contribution in [2.24, 2.45) is 12.8 Å². The second-order valence-electron chi connectivity index (χ2n) is 12.0. The number of rotatable bonds is 8. The smallest absolute Gasteiger partial charge is 0.257 e. The number of aromatic nitrogens is 2. The van der Waals surface area contributed by atoms with Gasteiger partial charge in [0.05, 0.1) is 11.0 Å². The van der Waals surface area contributed by atoms with Crippen molar-refractivity contribution in [1.29, 1.82) is 5.41 Å². The summed E-state index contributed by atoms with van der Waals surface area (Å²) in [5.74, 6) is 2.45. The molecule has 1 fully saturated rings. The van der Waals surface area contributed by atoms with E-state index in [0.29, 0.717) is 17.1 Å². The van der Waals surface area contributed by atoms with Gasteiger partial charge in [0.15, 0.2) is 11.5 Å². The maximum atomic E-state index is 13.9. The second kappa shape index (κ2) is 12.6. The standard InChI is InChI=1S/C37H38N6O3/c1-41-31-17-16-29(23-30(31)40-34(41)18-13-25-11-14-26(15-12-25)36(38)39)42-21-19-28(20-22-42)43(37(44)27-7-3-2-4-8-27)35-24-45-32-9-5-6-10-33(32)46-35/h2-12,14-17,23,28,35H,13,18-22,24H2,1H3,(H3,38,39). The zero-order valence-electron chi connectivity index (χ0n) is 25.9. The largest absolute Gasteiger partial charge is 0.484 e. The van der Waals surface area contributed by atoms with Crippen LogP contribution in [0, 0.1) is 5.41 Å². The molecule has 0 bridgehead atoms. The first-order chi connectivity index (χ1) is 22.4. The predicted octanol–water partition coefficient (Wildman–Crippen LogP) is 5.55. The van der Waals surface area contributed by atoms with Gasteiger partial charge in [-0.2, -0.15) is 0 Å². The second-order valence-corrected chi connectivity index (χ2v) is 12.0. The van der Waals surface area contributed by atoms with E-state index < -0.39 is 6.23 Å². The van der Waals surface area contributed by atoms with E-state index in [1.807, 2.05) is 83.8 Å². The number of nitrogen functional groups attached to an aromatic ring is 1. The molecule has 2 aliphatic rings. The minimum atomic E-state index is -0.505. The molecule has 9 nitrogen and oxygen atoms in total. The van der Waals surface area contributed by atoms with Gasteiger partial charge in [0, 0.05) is 49.4 Å². The van der Waals surface area contributed by atoms with E-state index >= 15 is 0 Å². The minimum absolute atomic E-state index is 0.0116. The molecule has 1 saturated heterocycles. The number of nitrogens with zero attached hydrogens (tertiary/aromatic N) is 4. The van der Waals surface area contributed by atoms with Crippen LogP contribution in [-0.2, 0) is 19.9 Å². The van der Waals surface area contributed by atoms with Gasteiger partial charge in [-0.15, -0.1) is 0 Å². The van der Waals surface area contributed by atoms with E-state index in [9.17, 15) is 4.79 Å². The molecule has 1 amide bonds. The van der Waals surface area contributed by atoms with Crippen LogP contribution in [0.4, 0.5) is 5.69 Å².